The highest BCUT2D eigenvalue weighted by molar-refractivity contribution is 7.99. The van der Waals surface area contributed by atoms with Crippen molar-refractivity contribution < 1.29 is 18.3 Å². The fraction of sp³-hybridized carbons (Fsp3) is 0.0800. The molecule has 0 aliphatic carbocycles. The van der Waals surface area contributed by atoms with Crippen molar-refractivity contribution in [3.63, 3.8) is 0 Å². The molecule has 9 heteroatoms. The number of nitrogens with zero attached hydrogens (tertiary/aromatic N) is 2. The van der Waals surface area contributed by atoms with Crippen LogP contribution in [-0.4, -0.2) is 28.3 Å². The molecule has 0 bridgehead atoms. The Hall–Kier alpha value is -4.11. The number of aromatic nitrogens is 2. The lowest BCUT2D eigenvalue weighted by molar-refractivity contribution is -0.113. The highest BCUT2D eigenvalue weighted by Gasteiger charge is 2.20. The van der Waals surface area contributed by atoms with E-state index in [0.29, 0.717) is 33.6 Å². The zero-order valence-corrected chi connectivity index (χ0v) is 18.8. The first-order chi connectivity index (χ1) is 16.5. The fourth-order valence-corrected chi connectivity index (χ4v) is 4.37. The molecule has 2 heterocycles. The van der Waals surface area contributed by atoms with Crippen LogP contribution in [0.3, 0.4) is 0 Å². The molecule has 0 saturated heterocycles. The number of furan rings is 1. The third kappa shape index (κ3) is 4.13. The average molecular weight is 476 g/mol. The second-order valence-electron chi connectivity index (χ2n) is 7.36. The Morgan fingerprint density at radius 1 is 1.12 bits per heavy atom. The molecule has 0 aliphatic rings. The standard InChI is InChI=1S/C25H18FN3O4S/c1-32-18-6-4-5-16(13-18)27-21(30)14-34-25-28-22-19-7-2-3-8-20(19)33-23(22)24(31)29(25)17-11-9-15(26)10-12-17/h2-13H,14H2,1H3,(H,27,30). The molecule has 0 fully saturated rings. The summed E-state index contributed by atoms with van der Waals surface area (Å²) in [4.78, 5) is 30.7. The van der Waals surface area contributed by atoms with Crippen LogP contribution in [0.2, 0.25) is 0 Å². The maximum absolute atomic E-state index is 13.5. The first-order valence-electron chi connectivity index (χ1n) is 10.3. The number of anilines is 1. The predicted molar refractivity (Wildman–Crippen MR) is 129 cm³/mol. The van der Waals surface area contributed by atoms with Gasteiger partial charge in [0.1, 0.15) is 22.7 Å². The van der Waals surface area contributed by atoms with Crippen LogP contribution in [0.1, 0.15) is 0 Å². The van der Waals surface area contributed by atoms with Gasteiger partial charge in [0, 0.05) is 17.1 Å². The van der Waals surface area contributed by atoms with Gasteiger partial charge in [-0.15, -0.1) is 0 Å². The van der Waals surface area contributed by atoms with E-state index in [1.807, 2.05) is 18.2 Å². The zero-order valence-electron chi connectivity index (χ0n) is 17.9. The van der Waals surface area contributed by atoms with Crippen molar-refractivity contribution in [1.82, 2.24) is 9.55 Å². The summed E-state index contributed by atoms with van der Waals surface area (Å²) in [6.07, 6.45) is 0. The van der Waals surface area contributed by atoms with Crippen LogP contribution < -0.4 is 15.6 Å². The number of methoxy groups -OCH3 is 1. The molecular formula is C25H18FN3O4S. The fourth-order valence-electron chi connectivity index (χ4n) is 3.56. The number of benzene rings is 3. The number of rotatable bonds is 6. The summed E-state index contributed by atoms with van der Waals surface area (Å²) < 4.78 is 25.8. The molecule has 0 radical (unpaired) electrons. The monoisotopic (exact) mass is 475 g/mol. The molecule has 0 aliphatic heterocycles. The van der Waals surface area contributed by atoms with Gasteiger partial charge in [0.2, 0.25) is 11.5 Å². The van der Waals surface area contributed by atoms with E-state index in [2.05, 4.69) is 10.3 Å². The second kappa shape index (κ2) is 9.03. The number of fused-ring (bicyclic) bond motifs is 3. The summed E-state index contributed by atoms with van der Waals surface area (Å²) in [7, 11) is 1.55. The summed E-state index contributed by atoms with van der Waals surface area (Å²) in [6.45, 7) is 0. The van der Waals surface area contributed by atoms with Gasteiger partial charge in [-0.1, -0.05) is 30.0 Å². The topological polar surface area (TPSA) is 86.4 Å². The number of thioether (sulfide) groups is 1. The van der Waals surface area contributed by atoms with Gasteiger partial charge in [0.25, 0.3) is 0 Å². The van der Waals surface area contributed by atoms with E-state index in [1.165, 1.54) is 28.8 Å². The van der Waals surface area contributed by atoms with E-state index in [-0.39, 0.29) is 22.4 Å². The third-order valence-electron chi connectivity index (χ3n) is 5.14. The Balaban J connectivity index is 1.53. The highest BCUT2D eigenvalue weighted by atomic mass is 32.2. The number of ether oxygens (including phenoxy) is 1. The quantitative estimate of drug-likeness (QED) is 0.274. The van der Waals surface area contributed by atoms with Gasteiger partial charge in [-0.3, -0.25) is 14.2 Å². The molecule has 5 rings (SSSR count). The minimum absolute atomic E-state index is 0.00780. The van der Waals surface area contributed by atoms with Gasteiger partial charge in [-0.25, -0.2) is 9.37 Å². The van der Waals surface area contributed by atoms with Crippen molar-refractivity contribution in [2.24, 2.45) is 0 Å². The minimum Gasteiger partial charge on any atom is -0.497 e. The average Bonchev–Trinajstić information content (AvgIpc) is 3.23. The Morgan fingerprint density at radius 2 is 1.91 bits per heavy atom. The molecule has 1 N–H and O–H groups in total. The van der Waals surface area contributed by atoms with Crippen molar-refractivity contribution in [3.8, 4) is 11.4 Å². The highest BCUT2D eigenvalue weighted by Crippen LogP contribution is 2.28. The van der Waals surface area contributed by atoms with Crippen LogP contribution in [0.25, 0.3) is 27.8 Å². The summed E-state index contributed by atoms with van der Waals surface area (Å²) >= 11 is 1.10. The molecule has 170 valence electrons. The second-order valence-corrected chi connectivity index (χ2v) is 8.30. The molecule has 3 aromatic carbocycles. The van der Waals surface area contributed by atoms with Crippen LogP contribution in [0, 0.1) is 5.82 Å². The van der Waals surface area contributed by atoms with Crippen LogP contribution in [0.5, 0.6) is 5.75 Å². The third-order valence-corrected chi connectivity index (χ3v) is 6.07. The molecular weight excluding hydrogens is 457 g/mol. The largest absolute Gasteiger partial charge is 0.497 e. The molecule has 0 atom stereocenters. The van der Waals surface area contributed by atoms with Crippen LogP contribution >= 0.6 is 11.8 Å². The van der Waals surface area contributed by atoms with Crippen molar-refractivity contribution >= 4 is 45.4 Å². The van der Waals surface area contributed by atoms with Gasteiger partial charge >= 0.3 is 5.56 Å². The van der Waals surface area contributed by atoms with E-state index in [9.17, 15) is 14.0 Å². The predicted octanol–water partition coefficient (Wildman–Crippen LogP) is 5.01. The molecule has 0 spiro atoms. The SMILES string of the molecule is COc1cccc(NC(=O)CSc2nc3c(oc4ccccc43)c(=O)n2-c2ccc(F)cc2)c1. The number of carbonyl (C=O) groups is 1. The van der Waals surface area contributed by atoms with Gasteiger partial charge in [0.15, 0.2) is 5.16 Å². The van der Waals surface area contributed by atoms with Gasteiger partial charge < -0.3 is 14.5 Å². The number of carbonyl (C=O) groups excluding carboxylic acids is 1. The molecule has 7 nitrogen and oxygen atoms in total. The zero-order chi connectivity index (χ0) is 23.7. The van der Waals surface area contributed by atoms with Crippen molar-refractivity contribution in [3.05, 3.63) is 89.0 Å². The van der Waals surface area contributed by atoms with E-state index >= 15 is 0 Å². The normalized spacial score (nSPS) is 11.1. The Bertz CT molecular complexity index is 1580. The Labute approximate surface area is 197 Å². The van der Waals surface area contributed by atoms with E-state index in [1.54, 1.807) is 37.4 Å². The summed E-state index contributed by atoms with van der Waals surface area (Å²) in [5.74, 6) is -0.0992. The number of hydrogen-bond acceptors (Lipinski definition) is 6. The van der Waals surface area contributed by atoms with Crippen molar-refractivity contribution in [2.45, 2.75) is 5.16 Å². The molecule has 0 saturated carbocycles. The van der Waals surface area contributed by atoms with Crippen molar-refractivity contribution in [1.29, 1.82) is 0 Å². The Kier molecular flexibility index (Phi) is 5.77. The minimum atomic E-state index is -0.441. The number of amides is 1. The van der Waals surface area contributed by atoms with E-state index in [0.717, 1.165) is 11.8 Å². The molecule has 34 heavy (non-hydrogen) atoms. The van der Waals surface area contributed by atoms with E-state index in [4.69, 9.17) is 9.15 Å². The van der Waals surface area contributed by atoms with Gasteiger partial charge in [-0.2, -0.15) is 0 Å². The maximum atomic E-state index is 13.5. The van der Waals surface area contributed by atoms with Crippen molar-refractivity contribution in [2.75, 3.05) is 18.2 Å². The van der Waals surface area contributed by atoms with Crippen LogP contribution in [-0.2, 0) is 4.79 Å². The van der Waals surface area contributed by atoms with Gasteiger partial charge in [0.05, 0.1) is 18.6 Å². The molecule has 0 unspecified atom stereocenters. The lowest BCUT2D eigenvalue weighted by Gasteiger charge is -2.12. The summed E-state index contributed by atoms with van der Waals surface area (Å²) in [6, 6.07) is 19.7. The number of para-hydroxylation sites is 1. The summed E-state index contributed by atoms with van der Waals surface area (Å²) in [5, 5.41) is 3.79. The molecule has 1 amide bonds. The first kappa shape index (κ1) is 21.7. The lowest BCUT2D eigenvalue weighted by atomic mass is 10.2. The van der Waals surface area contributed by atoms with Gasteiger partial charge in [-0.05, 0) is 48.5 Å². The van der Waals surface area contributed by atoms with Crippen LogP contribution in [0.4, 0.5) is 10.1 Å². The molecule has 5 aromatic rings. The number of hydrogen-bond donors (Lipinski definition) is 1. The summed E-state index contributed by atoms with van der Waals surface area (Å²) in [5.41, 5.74) is 1.60. The Morgan fingerprint density at radius 3 is 2.71 bits per heavy atom. The smallest absolute Gasteiger partial charge is 0.302 e. The van der Waals surface area contributed by atoms with Crippen LogP contribution in [0.15, 0.2) is 87.2 Å². The van der Waals surface area contributed by atoms with E-state index < -0.39 is 11.4 Å². The number of nitrogens with one attached hydrogen (secondary N) is 1. The maximum Gasteiger partial charge on any atom is 0.302 e. The lowest BCUT2D eigenvalue weighted by Crippen LogP contribution is -2.22. The molecule has 2 aromatic heterocycles. The first-order valence-corrected chi connectivity index (χ1v) is 11.3. The number of halogens is 1.